The van der Waals surface area contributed by atoms with Crippen LogP contribution in [0.3, 0.4) is 0 Å². The average Bonchev–Trinajstić information content (AvgIpc) is 2.54. The highest BCUT2D eigenvalue weighted by atomic mass is 16.5. The minimum atomic E-state index is 0.199. The summed E-state index contributed by atoms with van der Waals surface area (Å²) in [6, 6.07) is 0.378. The molecule has 2 fully saturated rings. The zero-order valence-corrected chi connectivity index (χ0v) is 9.71. The second-order valence-electron chi connectivity index (χ2n) is 4.92. The van der Waals surface area contributed by atoms with Gasteiger partial charge in [0.25, 0.3) is 0 Å². The number of hydrogen-bond donors (Lipinski definition) is 1. The van der Waals surface area contributed by atoms with Crippen LogP contribution in [-0.2, 0) is 9.53 Å². The van der Waals surface area contributed by atoms with Gasteiger partial charge in [0.05, 0.1) is 6.10 Å². The lowest BCUT2D eigenvalue weighted by Gasteiger charge is -2.40. The van der Waals surface area contributed by atoms with Gasteiger partial charge in [-0.2, -0.15) is 0 Å². The van der Waals surface area contributed by atoms with E-state index < -0.39 is 0 Å². The first-order valence-corrected chi connectivity index (χ1v) is 6.11. The average molecular weight is 211 g/mol. The van der Waals surface area contributed by atoms with Gasteiger partial charge in [0.2, 0.25) is 5.91 Å². The van der Waals surface area contributed by atoms with Gasteiger partial charge >= 0.3 is 0 Å². The van der Waals surface area contributed by atoms with E-state index in [2.05, 4.69) is 19.2 Å². The van der Waals surface area contributed by atoms with Crippen LogP contribution in [0.4, 0.5) is 0 Å². The molecule has 0 aromatic carbocycles. The lowest BCUT2D eigenvalue weighted by atomic mass is 9.71. The van der Waals surface area contributed by atoms with Crippen molar-refractivity contribution in [3.05, 3.63) is 0 Å². The molecule has 3 heteroatoms. The Morgan fingerprint density at radius 3 is 2.93 bits per heavy atom. The van der Waals surface area contributed by atoms with E-state index in [1.54, 1.807) is 0 Å². The molecule has 3 unspecified atom stereocenters. The first kappa shape index (κ1) is 10.9. The molecule has 0 bridgehead atoms. The highest BCUT2D eigenvalue weighted by Crippen LogP contribution is 2.44. The molecular formula is C12H21NO2. The first-order chi connectivity index (χ1) is 7.20. The molecule has 2 aliphatic rings. The molecule has 2 heterocycles. The molecule has 1 spiro atoms. The van der Waals surface area contributed by atoms with Crippen LogP contribution >= 0.6 is 0 Å². The van der Waals surface area contributed by atoms with E-state index >= 15 is 0 Å². The van der Waals surface area contributed by atoms with Crippen molar-refractivity contribution in [1.82, 2.24) is 5.32 Å². The van der Waals surface area contributed by atoms with Crippen molar-refractivity contribution in [3.63, 3.8) is 0 Å². The molecule has 0 aromatic rings. The van der Waals surface area contributed by atoms with Gasteiger partial charge in [-0.25, -0.2) is 0 Å². The number of rotatable bonds is 2. The third-order valence-electron chi connectivity index (χ3n) is 4.04. The van der Waals surface area contributed by atoms with Gasteiger partial charge in [-0.1, -0.05) is 13.8 Å². The molecule has 0 saturated carbocycles. The molecule has 0 aromatic heterocycles. The number of ether oxygens (including phenoxy) is 1. The van der Waals surface area contributed by atoms with Crippen molar-refractivity contribution in [1.29, 1.82) is 0 Å². The van der Waals surface area contributed by atoms with Crippen molar-refractivity contribution in [2.45, 2.75) is 58.1 Å². The summed E-state index contributed by atoms with van der Waals surface area (Å²) in [7, 11) is 0. The van der Waals surface area contributed by atoms with Crippen LogP contribution in [0.15, 0.2) is 0 Å². The van der Waals surface area contributed by atoms with Crippen LogP contribution in [0, 0.1) is 5.41 Å². The maximum Gasteiger partial charge on any atom is 0.220 e. The largest absolute Gasteiger partial charge is 0.378 e. The SMILES string of the molecule is CCC1CC2(CCO1)CC(=O)NC2CC. The molecule has 1 amide bonds. The van der Waals surface area contributed by atoms with Crippen molar-refractivity contribution < 1.29 is 9.53 Å². The van der Waals surface area contributed by atoms with Crippen LogP contribution < -0.4 is 5.32 Å². The zero-order valence-electron chi connectivity index (χ0n) is 9.71. The normalized spacial score (nSPS) is 40.8. The molecule has 1 N–H and O–H groups in total. The second kappa shape index (κ2) is 4.12. The molecule has 15 heavy (non-hydrogen) atoms. The number of carbonyl (C=O) groups excluding carboxylic acids is 1. The van der Waals surface area contributed by atoms with Gasteiger partial charge in [-0.05, 0) is 25.7 Å². The van der Waals surface area contributed by atoms with Crippen LogP contribution in [0.5, 0.6) is 0 Å². The van der Waals surface area contributed by atoms with Crippen LogP contribution in [0.1, 0.15) is 46.0 Å². The Kier molecular flexibility index (Phi) is 3.01. The van der Waals surface area contributed by atoms with Crippen molar-refractivity contribution >= 4 is 5.91 Å². The Hall–Kier alpha value is -0.570. The summed E-state index contributed by atoms with van der Waals surface area (Å²) in [5, 5.41) is 3.11. The highest BCUT2D eigenvalue weighted by Gasteiger charge is 2.48. The van der Waals surface area contributed by atoms with Crippen LogP contribution in [0.2, 0.25) is 0 Å². The van der Waals surface area contributed by atoms with Gasteiger partial charge in [0.1, 0.15) is 0 Å². The quantitative estimate of drug-likeness (QED) is 0.757. The summed E-state index contributed by atoms with van der Waals surface area (Å²) < 4.78 is 5.70. The topological polar surface area (TPSA) is 38.3 Å². The monoisotopic (exact) mass is 211 g/mol. The third-order valence-corrected chi connectivity index (χ3v) is 4.04. The zero-order chi connectivity index (χ0) is 10.9. The van der Waals surface area contributed by atoms with Gasteiger partial charge in [-0.15, -0.1) is 0 Å². The predicted octanol–water partition coefficient (Wildman–Crippen LogP) is 1.86. The Morgan fingerprint density at radius 2 is 2.27 bits per heavy atom. The Morgan fingerprint density at radius 1 is 1.47 bits per heavy atom. The molecule has 3 nitrogen and oxygen atoms in total. The number of amides is 1. The van der Waals surface area contributed by atoms with E-state index in [1.165, 1.54) is 0 Å². The summed E-state index contributed by atoms with van der Waals surface area (Å²) in [6.45, 7) is 5.15. The molecule has 2 saturated heterocycles. The second-order valence-corrected chi connectivity index (χ2v) is 4.92. The van der Waals surface area contributed by atoms with E-state index in [0.717, 1.165) is 32.3 Å². The lowest BCUT2D eigenvalue weighted by molar-refractivity contribution is -0.120. The molecule has 0 aliphatic carbocycles. The van der Waals surface area contributed by atoms with Gasteiger partial charge in [0, 0.05) is 24.5 Å². The van der Waals surface area contributed by atoms with Gasteiger partial charge in [-0.3, -0.25) is 4.79 Å². The maximum absolute atomic E-state index is 11.5. The Labute approximate surface area is 91.6 Å². The van der Waals surface area contributed by atoms with Crippen molar-refractivity contribution in [2.24, 2.45) is 5.41 Å². The third kappa shape index (κ3) is 1.89. The first-order valence-electron chi connectivity index (χ1n) is 6.11. The smallest absolute Gasteiger partial charge is 0.220 e. The van der Waals surface area contributed by atoms with Crippen molar-refractivity contribution in [2.75, 3.05) is 6.61 Å². The fourth-order valence-corrected chi connectivity index (χ4v) is 3.16. The number of carbonyl (C=O) groups is 1. The molecule has 3 atom stereocenters. The lowest BCUT2D eigenvalue weighted by Crippen LogP contribution is -2.43. The standard InChI is InChI=1S/C12H21NO2/c1-3-9-7-12(5-6-15-9)8-11(14)13-10(12)4-2/h9-10H,3-8H2,1-2H3,(H,13,14). The number of nitrogens with one attached hydrogen (secondary N) is 1. The molecule has 2 rings (SSSR count). The Balaban J connectivity index is 2.13. The van der Waals surface area contributed by atoms with E-state index in [0.29, 0.717) is 18.6 Å². The van der Waals surface area contributed by atoms with Crippen LogP contribution in [0.25, 0.3) is 0 Å². The van der Waals surface area contributed by atoms with E-state index in [4.69, 9.17) is 4.74 Å². The highest BCUT2D eigenvalue weighted by molar-refractivity contribution is 5.80. The fraction of sp³-hybridized carbons (Fsp3) is 0.917. The Bertz CT molecular complexity index is 254. The molecule has 0 radical (unpaired) electrons. The fourth-order valence-electron chi connectivity index (χ4n) is 3.16. The minimum absolute atomic E-state index is 0.199. The number of hydrogen-bond acceptors (Lipinski definition) is 2. The molecular weight excluding hydrogens is 190 g/mol. The van der Waals surface area contributed by atoms with Gasteiger partial charge in [0.15, 0.2) is 0 Å². The van der Waals surface area contributed by atoms with E-state index in [-0.39, 0.29) is 11.3 Å². The van der Waals surface area contributed by atoms with Crippen molar-refractivity contribution in [3.8, 4) is 0 Å². The minimum Gasteiger partial charge on any atom is -0.378 e. The summed E-state index contributed by atoms with van der Waals surface area (Å²) in [6.07, 6.45) is 5.28. The summed E-state index contributed by atoms with van der Waals surface area (Å²) >= 11 is 0. The molecule has 86 valence electrons. The van der Waals surface area contributed by atoms with Crippen LogP contribution in [-0.4, -0.2) is 24.7 Å². The van der Waals surface area contributed by atoms with Gasteiger partial charge < -0.3 is 10.1 Å². The molecule has 2 aliphatic heterocycles. The summed E-state index contributed by atoms with van der Waals surface area (Å²) in [4.78, 5) is 11.5. The summed E-state index contributed by atoms with van der Waals surface area (Å²) in [5.74, 6) is 0.235. The maximum atomic E-state index is 11.5. The predicted molar refractivity (Wildman–Crippen MR) is 58.5 cm³/mol. The van der Waals surface area contributed by atoms with E-state index in [9.17, 15) is 4.79 Å². The van der Waals surface area contributed by atoms with E-state index in [1.807, 2.05) is 0 Å². The summed E-state index contributed by atoms with van der Waals surface area (Å²) in [5.41, 5.74) is 0.199.